The Morgan fingerprint density at radius 3 is 2.19 bits per heavy atom. The molecule has 0 bridgehead atoms. The van der Waals surface area contributed by atoms with Gasteiger partial charge in [-0.05, 0) is 63.1 Å². The zero-order valence-electron chi connectivity index (χ0n) is 16.1. The number of hydrazone groups is 1. The third-order valence-corrected chi connectivity index (χ3v) is 3.68. The summed E-state index contributed by atoms with van der Waals surface area (Å²) in [6, 6.07) is 13.3. The molecule has 2 aromatic carbocycles. The minimum Gasteiger partial charge on any atom is -0.484 e. The fourth-order valence-corrected chi connectivity index (χ4v) is 2.50. The molecule has 0 saturated carbocycles. The lowest BCUT2D eigenvalue weighted by molar-refractivity contribution is -0.123. The van der Waals surface area contributed by atoms with Crippen molar-refractivity contribution < 1.29 is 14.3 Å². The van der Waals surface area contributed by atoms with Gasteiger partial charge in [-0.25, -0.2) is 5.43 Å². The summed E-state index contributed by atoms with van der Waals surface area (Å²) in [5, 5.41) is 6.78. The largest absolute Gasteiger partial charge is 0.484 e. The van der Waals surface area contributed by atoms with Crippen LogP contribution in [0.1, 0.15) is 30.0 Å². The molecule has 2 rings (SSSR count). The van der Waals surface area contributed by atoms with Crippen LogP contribution in [-0.4, -0.2) is 24.1 Å². The number of carbonyl (C=O) groups excluding carboxylic acids is 2. The molecule has 0 saturated heterocycles. The molecule has 142 valence electrons. The van der Waals surface area contributed by atoms with E-state index in [2.05, 4.69) is 15.8 Å². The highest BCUT2D eigenvalue weighted by molar-refractivity contribution is 6.05. The van der Waals surface area contributed by atoms with E-state index in [-0.39, 0.29) is 24.8 Å². The standard InChI is InChI=1S/C21H25N3O3/c1-14-5-7-19(8-6-14)27-13-21(26)24-23-17(4)12-20(25)22-18-10-15(2)9-16(3)11-18/h5-11H,12-13H2,1-4H3,(H,22,25)(H,24,26)/b23-17+. The molecule has 0 aromatic heterocycles. The first-order chi connectivity index (χ1) is 12.8. The summed E-state index contributed by atoms with van der Waals surface area (Å²) >= 11 is 0. The number of rotatable bonds is 7. The minimum absolute atomic E-state index is 0.0894. The number of anilines is 1. The number of benzene rings is 2. The maximum absolute atomic E-state index is 12.1. The average Bonchev–Trinajstić information content (AvgIpc) is 2.58. The molecule has 0 radical (unpaired) electrons. The van der Waals surface area contributed by atoms with Crippen molar-refractivity contribution in [2.75, 3.05) is 11.9 Å². The molecule has 0 aliphatic rings. The lowest BCUT2D eigenvalue weighted by Gasteiger charge is -2.08. The molecule has 0 atom stereocenters. The zero-order chi connectivity index (χ0) is 19.8. The summed E-state index contributed by atoms with van der Waals surface area (Å²) < 4.78 is 5.38. The van der Waals surface area contributed by atoms with Crippen LogP contribution < -0.4 is 15.5 Å². The molecule has 0 spiro atoms. The maximum Gasteiger partial charge on any atom is 0.277 e. The SMILES string of the molecule is C/C(CC(=O)Nc1cc(C)cc(C)c1)=N\NC(=O)COc1ccc(C)cc1. The highest BCUT2D eigenvalue weighted by Crippen LogP contribution is 2.14. The smallest absolute Gasteiger partial charge is 0.277 e. The van der Waals surface area contributed by atoms with Gasteiger partial charge in [0.1, 0.15) is 5.75 Å². The summed E-state index contributed by atoms with van der Waals surface area (Å²) in [6.07, 6.45) is 0.0894. The van der Waals surface area contributed by atoms with E-state index in [0.29, 0.717) is 11.5 Å². The lowest BCUT2D eigenvalue weighted by atomic mass is 10.1. The first-order valence-corrected chi connectivity index (χ1v) is 8.71. The Kier molecular flexibility index (Phi) is 7.11. The van der Waals surface area contributed by atoms with Crippen LogP contribution in [0.25, 0.3) is 0 Å². The normalized spacial score (nSPS) is 11.0. The van der Waals surface area contributed by atoms with E-state index in [9.17, 15) is 9.59 Å². The monoisotopic (exact) mass is 367 g/mol. The molecule has 0 fully saturated rings. The summed E-state index contributed by atoms with van der Waals surface area (Å²) in [7, 11) is 0. The van der Waals surface area contributed by atoms with Gasteiger partial charge in [0.05, 0.1) is 6.42 Å². The maximum atomic E-state index is 12.1. The Morgan fingerprint density at radius 2 is 1.56 bits per heavy atom. The number of nitrogens with one attached hydrogen (secondary N) is 2. The van der Waals surface area contributed by atoms with E-state index in [0.717, 1.165) is 22.4 Å². The van der Waals surface area contributed by atoms with Crippen LogP contribution >= 0.6 is 0 Å². The molecule has 0 aliphatic heterocycles. The van der Waals surface area contributed by atoms with Gasteiger partial charge in [-0.15, -0.1) is 0 Å². The van der Waals surface area contributed by atoms with Crippen LogP contribution in [0, 0.1) is 20.8 Å². The average molecular weight is 367 g/mol. The van der Waals surface area contributed by atoms with Crippen molar-refractivity contribution in [3.8, 4) is 5.75 Å². The van der Waals surface area contributed by atoms with E-state index in [1.807, 2.05) is 51.1 Å². The van der Waals surface area contributed by atoms with E-state index in [1.54, 1.807) is 19.1 Å². The van der Waals surface area contributed by atoms with Gasteiger partial charge in [-0.1, -0.05) is 23.8 Å². The van der Waals surface area contributed by atoms with Gasteiger partial charge in [0.25, 0.3) is 5.91 Å². The number of aryl methyl sites for hydroxylation is 3. The third-order valence-electron chi connectivity index (χ3n) is 3.68. The quantitative estimate of drug-likeness (QED) is 0.580. The van der Waals surface area contributed by atoms with Crippen LogP contribution in [0.5, 0.6) is 5.75 Å². The van der Waals surface area contributed by atoms with E-state index in [1.165, 1.54) is 0 Å². The van der Waals surface area contributed by atoms with Crippen molar-refractivity contribution >= 4 is 23.2 Å². The summed E-state index contributed by atoms with van der Waals surface area (Å²) in [5.41, 5.74) is 6.92. The number of carbonyl (C=O) groups is 2. The highest BCUT2D eigenvalue weighted by Gasteiger charge is 2.07. The summed E-state index contributed by atoms with van der Waals surface area (Å²) in [5.74, 6) is 0.0420. The van der Waals surface area contributed by atoms with Gasteiger partial charge in [0, 0.05) is 11.4 Å². The molecule has 2 aromatic rings. The van der Waals surface area contributed by atoms with E-state index >= 15 is 0 Å². The van der Waals surface area contributed by atoms with Gasteiger partial charge in [-0.2, -0.15) is 5.10 Å². The Balaban J connectivity index is 1.77. The van der Waals surface area contributed by atoms with Crippen molar-refractivity contribution in [2.45, 2.75) is 34.1 Å². The Morgan fingerprint density at radius 1 is 0.926 bits per heavy atom. The molecular weight excluding hydrogens is 342 g/mol. The Bertz CT molecular complexity index is 822. The van der Waals surface area contributed by atoms with Gasteiger partial charge in [0.2, 0.25) is 5.91 Å². The lowest BCUT2D eigenvalue weighted by Crippen LogP contribution is -2.26. The summed E-state index contributed by atoms with van der Waals surface area (Å²) in [4.78, 5) is 23.9. The molecule has 0 unspecified atom stereocenters. The molecule has 6 nitrogen and oxygen atoms in total. The van der Waals surface area contributed by atoms with Gasteiger partial charge >= 0.3 is 0 Å². The number of amides is 2. The van der Waals surface area contributed by atoms with Crippen molar-refractivity contribution in [1.29, 1.82) is 0 Å². The molecule has 2 amide bonds. The fraction of sp³-hybridized carbons (Fsp3) is 0.286. The molecule has 27 heavy (non-hydrogen) atoms. The first kappa shape index (κ1) is 20.2. The number of hydrogen-bond acceptors (Lipinski definition) is 4. The second-order valence-electron chi connectivity index (χ2n) is 6.59. The van der Waals surface area contributed by atoms with Gasteiger partial charge in [0.15, 0.2) is 6.61 Å². The minimum atomic E-state index is -0.385. The molecule has 6 heteroatoms. The Hall–Kier alpha value is -3.15. The Labute approximate surface area is 159 Å². The predicted molar refractivity (Wildman–Crippen MR) is 107 cm³/mol. The molecule has 2 N–H and O–H groups in total. The van der Waals surface area contributed by atoms with Crippen LogP contribution in [-0.2, 0) is 9.59 Å². The van der Waals surface area contributed by atoms with Crippen molar-refractivity contribution in [3.63, 3.8) is 0 Å². The molecule has 0 heterocycles. The predicted octanol–water partition coefficient (Wildman–Crippen LogP) is 3.51. The second kappa shape index (κ2) is 9.52. The van der Waals surface area contributed by atoms with Crippen LogP contribution in [0.15, 0.2) is 47.6 Å². The van der Waals surface area contributed by atoms with Crippen molar-refractivity contribution in [1.82, 2.24) is 5.43 Å². The van der Waals surface area contributed by atoms with Gasteiger partial charge in [-0.3, -0.25) is 9.59 Å². The first-order valence-electron chi connectivity index (χ1n) is 8.71. The van der Waals surface area contributed by atoms with Crippen LogP contribution in [0.2, 0.25) is 0 Å². The van der Waals surface area contributed by atoms with Crippen molar-refractivity contribution in [3.05, 3.63) is 59.2 Å². The topological polar surface area (TPSA) is 79.8 Å². The van der Waals surface area contributed by atoms with E-state index in [4.69, 9.17) is 4.74 Å². The van der Waals surface area contributed by atoms with Crippen molar-refractivity contribution in [2.24, 2.45) is 5.10 Å². The zero-order valence-corrected chi connectivity index (χ0v) is 16.1. The number of ether oxygens (including phenoxy) is 1. The van der Waals surface area contributed by atoms with Crippen LogP contribution in [0.4, 0.5) is 5.69 Å². The number of nitrogens with zero attached hydrogens (tertiary/aromatic N) is 1. The number of hydrogen-bond donors (Lipinski definition) is 2. The molecule has 0 aliphatic carbocycles. The molecular formula is C21H25N3O3. The van der Waals surface area contributed by atoms with Crippen LogP contribution in [0.3, 0.4) is 0 Å². The third kappa shape index (κ3) is 7.32. The van der Waals surface area contributed by atoms with Gasteiger partial charge < -0.3 is 10.1 Å². The van der Waals surface area contributed by atoms with E-state index < -0.39 is 0 Å². The summed E-state index contributed by atoms with van der Waals surface area (Å²) in [6.45, 7) is 7.47. The second-order valence-corrected chi connectivity index (χ2v) is 6.59. The fourth-order valence-electron chi connectivity index (χ4n) is 2.50. The highest BCUT2D eigenvalue weighted by atomic mass is 16.5.